The Labute approximate surface area is 107 Å². The molecular formula is C10H9BrCl2O2. The second kappa shape index (κ2) is 4.22. The first-order chi connectivity index (χ1) is 7.03. The molecule has 0 unspecified atom stereocenters. The van der Waals surface area contributed by atoms with Crippen molar-refractivity contribution in [3.8, 4) is 0 Å². The zero-order valence-electron chi connectivity index (χ0n) is 8.02. The van der Waals surface area contributed by atoms with Crippen LogP contribution < -0.4 is 0 Å². The van der Waals surface area contributed by atoms with Crippen LogP contribution in [0.15, 0.2) is 16.6 Å². The molecule has 1 fully saturated rings. The van der Waals surface area contributed by atoms with Crippen LogP contribution in [0.4, 0.5) is 0 Å². The number of ether oxygens (including phenoxy) is 2. The second-order valence-electron chi connectivity index (χ2n) is 3.39. The average Bonchev–Trinajstić information content (AvgIpc) is 2.60. The summed E-state index contributed by atoms with van der Waals surface area (Å²) < 4.78 is 11.8. The summed E-state index contributed by atoms with van der Waals surface area (Å²) in [5.74, 6) is -0.760. The lowest BCUT2D eigenvalue weighted by atomic mass is 10.1. The molecule has 0 bridgehead atoms. The summed E-state index contributed by atoms with van der Waals surface area (Å²) in [4.78, 5) is 0. The molecule has 0 saturated carbocycles. The molecule has 0 radical (unpaired) electrons. The monoisotopic (exact) mass is 310 g/mol. The molecule has 1 aromatic rings. The van der Waals surface area contributed by atoms with Gasteiger partial charge in [0, 0.05) is 10.0 Å². The van der Waals surface area contributed by atoms with Crippen LogP contribution in [-0.4, -0.2) is 13.2 Å². The van der Waals surface area contributed by atoms with Gasteiger partial charge in [-0.05, 0) is 35.0 Å². The van der Waals surface area contributed by atoms with E-state index in [9.17, 15) is 0 Å². The van der Waals surface area contributed by atoms with Crippen LogP contribution >= 0.6 is 39.1 Å². The van der Waals surface area contributed by atoms with Crippen LogP contribution in [-0.2, 0) is 15.3 Å². The van der Waals surface area contributed by atoms with Gasteiger partial charge in [0.15, 0.2) is 5.79 Å². The quantitative estimate of drug-likeness (QED) is 0.731. The molecule has 0 N–H and O–H groups in total. The van der Waals surface area contributed by atoms with Gasteiger partial charge in [0.1, 0.15) is 0 Å². The van der Waals surface area contributed by atoms with Crippen molar-refractivity contribution in [2.45, 2.75) is 12.7 Å². The van der Waals surface area contributed by atoms with Gasteiger partial charge in [0.2, 0.25) is 0 Å². The fraction of sp³-hybridized carbons (Fsp3) is 0.400. The molecule has 82 valence electrons. The zero-order chi connectivity index (χ0) is 11.1. The Morgan fingerprint density at radius 1 is 1.20 bits per heavy atom. The van der Waals surface area contributed by atoms with Crippen LogP contribution in [0.25, 0.3) is 0 Å². The largest absolute Gasteiger partial charge is 0.344 e. The lowest BCUT2D eigenvalue weighted by Crippen LogP contribution is -2.22. The molecule has 1 aliphatic rings. The van der Waals surface area contributed by atoms with E-state index < -0.39 is 5.79 Å². The standard InChI is InChI=1S/C10H9BrCl2O2/c1-10(14-2-3-15-10)6-4-7(11)9(13)5-8(6)12/h4-5H,2-3H2,1H3. The minimum absolute atomic E-state index is 0.549. The van der Waals surface area contributed by atoms with Crippen molar-refractivity contribution in [1.29, 1.82) is 0 Å². The smallest absolute Gasteiger partial charge is 0.193 e. The molecule has 0 aromatic heterocycles. The van der Waals surface area contributed by atoms with Gasteiger partial charge in [0.05, 0.1) is 23.3 Å². The second-order valence-corrected chi connectivity index (χ2v) is 5.06. The van der Waals surface area contributed by atoms with Gasteiger partial charge in [-0.3, -0.25) is 0 Å². The highest BCUT2D eigenvalue weighted by Crippen LogP contribution is 2.39. The highest BCUT2D eigenvalue weighted by molar-refractivity contribution is 9.10. The Morgan fingerprint density at radius 2 is 1.80 bits per heavy atom. The zero-order valence-corrected chi connectivity index (χ0v) is 11.1. The first kappa shape index (κ1) is 11.7. The summed E-state index contributed by atoms with van der Waals surface area (Å²) in [7, 11) is 0. The van der Waals surface area contributed by atoms with Crippen molar-refractivity contribution in [2.75, 3.05) is 13.2 Å². The maximum absolute atomic E-state index is 6.11. The topological polar surface area (TPSA) is 18.5 Å². The minimum atomic E-state index is -0.760. The van der Waals surface area contributed by atoms with Crippen molar-refractivity contribution >= 4 is 39.1 Å². The maximum Gasteiger partial charge on any atom is 0.193 e. The number of hydrogen-bond donors (Lipinski definition) is 0. The molecule has 1 heterocycles. The number of halogens is 3. The third-order valence-corrected chi connectivity index (χ3v) is 3.85. The summed E-state index contributed by atoms with van der Waals surface area (Å²) in [6, 6.07) is 3.51. The third-order valence-electron chi connectivity index (χ3n) is 2.34. The molecule has 2 nitrogen and oxygen atoms in total. The average molecular weight is 312 g/mol. The van der Waals surface area contributed by atoms with Gasteiger partial charge >= 0.3 is 0 Å². The van der Waals surface area contributed by atoms with E-state index in [0.717, 1.165) is 10.0 Å². The van der Waals surface area contributed by atoms with E-state index in [0.29, 0.717) is 23.3 Å². The van der Waals surface area contributed by atoms with E-state index in [1.165, 1.54) is 0 Å². The lowest BCUT2D eigenvalue weighted by Gasteiger charge is -2.24. The number of rotatable bonds is 1. The van der Waals surface area contributed by atoms with Crippen molar-refractivity contribution in [3.63, 3.8) is 0 Å². The van der Waals surface area contributed by atoms with E-state index in [1.807, 2.05) is 13.0 Å². The fourth-order valence-electron chi connectivity index (χ4n) is 1.54. The van der Waals surface area contributed by atoms with Gasteiger partial charge in [-0.1, -0.05) is 23.2 Å². The normalized spacial score (nSPS) is 19.5. The van der Waals surface area contributed by atoms with Crippen molar-refractivity contribution < 1.29 is 9.47 Å². The summed E-state index contributed by atoms with van der Waals surface area (Å²) in [6.45, 7) is 3.00. The molecule has 0 spiro atoms. The van der Waals surface area contributed by atoms with Crippen molar-refractivity contribution in [1.82, 2.24) is 0 Å². The van der Waals surface area contributed by atoms with E-state index >= 15 is 0 Å². The molecule has 0 amide bonds. The lowest BCUT2D eigenvalue weighted by molar-refractivity contribution is -0.149. The van der Waals surface area contributed by atoms with Crippen molar-refractivity contribution in [2.24, 2.45) is 0 Å². The highest BCUT2D eigenvalue weighted by Gasteiger charge is 2.35. The van der Waals surface area contributed by atoms with Gasteiger partial charge in [-0.25, -0.2) is 0 Å². The first-order valence-corrected chi connectivity index (χ1v) is 6.01. The molecule has 1 aromatic carbocycles. The predicted octanol–water partition coefficient (Wildman–Crippen LogP) is 3.98. The molecule has 5 heteroatoms. The molecule has 0 aliphatic carbocycles. The van der Waals surface area contributed by atoms with Crippen LogP contribution in [0.3, 0.4) is 0 Å². The fourth-order valence-corrected chi connectivity index (χ4v) is 2.44. The molecule has 1 saturated heterocycles. The van der Waals surface area contributed by atoms with E-state index in [1.54, 1.807) is 6.07 Å². The Kier molecular flexibility index (Phi) is 3.29. The van der Waals surface area contributed by atoms with Crippen molar-refractivity contribution in [3.05, 3.63) is 32.2 Å². The summed E-state index contributed by atoms with van der Waals surface area (Å²) in [5, 5.41) is 1.12. The van der Waals surface area contributed by atoms with Crippen LogP contribution in [0, 0.1) is 0 Å². The number of benzene rings is 1. The number of hydrogen-bond acceptors (Lipinski definition) is 2. The summed E-state index contributed by atoms with van der Waals surface area (Å²) in [6.07, 6.45) is 0. The van der Waals surface area contributed by atoms with Crippen LogP contribution in [0.5, 0.6) is 0 Å². The minimum Gasteiger partial charge on any atom is -0.344 e. The predicted molar refractivity (Wildman–Crippen MR) is 63.4 cm³/mol. The SMILES string of the molecule is CC1(c2cc(Br)c(Cl)cc2Cl)OCCO1. The highest BCUT2D eigenvalue weighted by atomic mass is 79.9. The molecule has 2 rings (SSSR count). The van der Waals surface area contributed by atoms with Gasteiger partial charge in [0.25, 0.3) is 0 Å². The Balaban J connectivity index is 2.48. The Bertz CT molecular complexity index is 389. The molecular weight excluding hydrogens is 303 g/mol. The van der Waals surface area contributed by atoms with E-state index in [4.69, 9.17) is 32.7 Å². The first-order valence-electron chi connectivity index (χ1n) is 4.46. The summed E-state index contributed by atoms with van der Waals surface area (Å²) in [5.41, 5.74) is 0.790. The van der Waals surface area contributed by atoms with Crippen LogP contribution in [0.2, 0.25) is 10.0 Å². The molecule has 1 aliphatic heterocycles. The molecule has 0 atom stereocenters. The third kappa shape index (κ3) is 2.17. The Morgan fingerprint density at radius 3 is 2.40 bits per heavy atom. The Hall–Kier alpha value is 0.200. The maximum atomic E-state index is 6.11. The van der Waals surface area contributed by atoms with Gasteiger partial charge in [-0.2, -0.15) is 0 Å². The molecule has 15 heavy (non-hydrogen) atoms. The van der Waals surface area contributed by atoms with Gasteiger partial charge < -0.3 is 9.47 Å². The van der Waals surface area contributed by atoms with E-state index in [2.05, 4.69) is 15.9 Å². The van der Waals surface area contributed by atoms with Gasteiger partial charge in [-0.15, -0.1) is 0 Å². The summed E-state index contributed by atoms with van der Waals surface area (Å²) >= 11 is 15.4. The van der Waals surface area contributed by atoms with Crippen LogP contribution in [0.1, 0.15) is 12.5 Å². The van der Waals surface area contributed by atoms with E-state index in [-0.39, 0.29) is 0 Å².